The van der Waals surface area contributed by atoms with E-state index in [-0.39, 0.29) is 18.5 Å². The van der Waals surface area contributed by atoms with Crippen LogP contribution in [-0.2, 0) is 29.0 Å². The molecule has 0 aliphatic heterocycles. The highest BCUT2D eigenvalue weighted by molar-refractivity contribution is 5.85. The van der Waals surface area contributed by atoms with Gasteiger partial charge in [0.2, 0.25) is 11.8 Å². The molecular formula is C31H37F3N4O7. The normalized spacial score (nSPS) is 14.0. The van der Waals surface area contributed by atoms with E-state index in [1.807, 2.05) is 30.3 Å². The van der Waals surface area contributed by atoms with Gasteiger partial charge in [-0.2, -0.15) is 13.2 Å². The van der Waals surface area contributed by atoms with Crippen LogP contribution in [0.4, 0.5) is 18.0 Å². The molecule has 0 heterocycles. The highest BCUT2D eigenvalue weighted by Gasteiger charge is 2.43. The maximum atomic E-state index is 12.6. The molecule has 3 rings (SSSR count). The van der Waals surface area contributed by atoms with Gasteiger partial charge in [0.25, 0.3) is 0 Å². The van der Waals surface area contributed by atoms with Crippen LogP contribution >= 0.6 is 0 Å². The molecule has 0 aromatic heterocycles. The van der Waals surface area contributed by atoms with E-state index in [4.69, 9.17) is 0 Å². The molecule has 2 aromatic rings. The molecule has 14 heteroatoms. The van der Waals surface area contributed by atoms with Crippen LogP contribution in [0.1, 0.15) is 69.4 Å². The summed E-state index contributed by atoms with van der Waals surface area (Å²) in [6, 6.07) is 14.9. The minimum Gasteiger partial charge on any atom is -0.347 e. The molecule has 4 N–H and O–H groups in total. The van der Waals surface area contributed by atoms with Crippen LogP contribution < -0.4 is 21.3 Å². The lowest BCUT2D eigenvalue weighted by molar-refractivity contribution is -0.286. The minimum atomic E-state index is -5.36. The summed E-state index contributed by atoms with van der Waals surface area (Å²) in [4.78, 5) is 67.5. The van der Waals surface area contributed by atoms with Gasteiger partial charge in [-0.3, -0.25) is 9.59 Å². The van der Waals surface area contributed by atoms with E-state index in [0.717, 1.165) is 36.8 Å². The molecule has 45 heavy (non-hydrogen) atoms. The van der Waals surface area contributed by atoms with Gasteiger partial charge >= 0.3 is 24.1 Å². The average Bonchev–Trinajstić information content (AvgIpc) is 3.02. The lowest BCUT2D eigenvalue weighted by Gasteiger charge is -2.22. The first-order chi connectivity index (χ1) is 21.5. The maximum Gasteiger partial charge on any atom is 0.495 e. The van der Waals surface area contributed by atoms with E-state index in [2.05, 4.69) is 31.0 Å². The second-order valence-corrected chi connectivity index (χ2v) is 10.6. The molecule has 1 saturated carbocycles. The smallest absolute Gasteiger partial charge is 0.347 e. The van der Waals surface area contributed by atoms with E-state index in [9.17, 15) is 37.1 Å². The molecule has 1 unspecified atom stereocenters. The molecule has 4 amide bonds. The van der Waals surface area contributed by atoms with Gasteiger partial charge in [0.1, 0.15) is 0 Å². The second kappa shape index (κ2) is 17.6. The van der Waals surface area contributed by atoms with Crippen LogP contribution in [0.25, 0.3) is 11.1 Å². The Morgan fingerprint density at radius 2 is 1.47 bits per heavy atom. The van der Waals surface area contributed by atoms with Crippen molar-refractivity contribution in [3.63, 3.8) is 0 Å². The van der Waals surface area contributed by atoms with Crippen molar-refractivity contribution >= 4 is 29.8 Å². The zero-order valence-corrected chi connectivity index (χ0v) is 24.6. The van der Waals surface area contributed by atoms with Crippen molar-refractivity contribution in [2.45, 2.75) is 76.0 Å². The SMILES string of the molecule is O=C(CCCCNC(=O)NC1CCCCC1)NCC(=O)NC(CC(=O)OOC(=O)C(F)(F)F)c1ccc(-c2ccccc2)cc1. The van der Waals surface area contributed by atoms with Crippen LogP contribution in [0.3, 0.4) is 0 Å². The molecule has 0 bridgehead atoms. The number of carbonyl (C=O) groups is 5. The van der Waals surface area contributed by atoms with Gasteiger partial charge in [-0.25, -0.2) is 24.2 Å². The molecule has 0 radical (unpaired) electrons. The van der Waals surface area contributed by atoms with E-state index >= 15 is 0 Å². The largest absolute Gasteiger partial charge is 0.495 e. The molecule has 1 atom stereocenters. The van der Waals surface area contributed by atoms with Crippen LogP contribution in [0.2, 0.25) is 0 Å². The summed E-state index contributed by atoms with van der Waals surface area (Å²) in [7, 11) is 0. The number of hydrogen-bond acceptors (Lipinski definition) is 7. The van der Waals surface area contributed by atoms with Gasteiger partial charge in [-0.15, -0.1) is 0 Å². The van der Waals surface area contributed by atoms with E-state index in [0.29, 0.717) is 24.9 Å². The monoisotopic (exact) mass is 634 g/mol. The Balaban J connectivity index is 1.46. The second-order valence-electron chi connectivity index (χ2n) is 10.6. The molecule has 1 fully saturated rings. The number of hydrogen-bond donors (Lipinski definition) is 4. The predicted molar refractivity (Wildman–Crippen MR) is 156 cm³/mol. The highest BCUT2D eigenvalue weighted by atomic mass is 19.4. The number of rotatable bonds is 13. The summed E-state index contributed by atoms with van der Waals surface area (Å²) in [5.41, 5.74) is 2.15. The fourth-order valence-corrected chi connectivity index (χ4v) is 4.73. The first kappa shape index (κ1) is 34.9. The number of alkyl halides is 3. The minimum absolute atomic E-state index is 0.112. The molecule has 1 aliphatic rings. The standard InChI is InChI=1S/C31H37F3N4O7/c32-31(33,34)29(42)45-44-28(41)19-25(23-16-14-22(15-17-23)21-9-3-1-4-10-21)38-27(40)20-36-26(39)13-7-8-18-35-30(43)37-24-11-5-2-6-12-24/h1,3-4,9-10,14-17,24-25H,2,5-8,11-13,18-20H2,(H,36,39)(H,38,40)(H2,35,37,43). The molecule has 244 valence electrons. The maximum absolute atomic E-state index is 12.6. The lowest BCUT2D eigenvalue weighted by atomic mass is 9.96. The Bertz CT molecular complexity index is 1280. The van der Waals surface area contributed by atoms with Crippen LogP contribution in [-0.4, -0.2) is 55.1 Å². The Labute approximate surface area is 258 Å². The highest BCUT2D eigenvalue weighted by Crippen LogP contribution is 2.24. The Kier molecular flexibility index (Phi) is 13.7. The van der Waals surface area contributed by atoms with Gasteiger partial charge in [-0.05, 0) is 42.4 Å². The number of unbranched alkanes of at least 4 members (excludes halogenated alkanes) is 1. The van der Waals surface area contributed by atoms with Crippen LogP contribution in [0.5, 0.6) is 0 Å². The molecule has 2 aromatic carbocycles. The van der Waals surface area contributed by atoms with E-state index in [1.165, 1.54) is 6.42 Å². The summed E-state index contributed by atoms with van der Waals surface area (Å²) >= 11 is 0. The summed E-state index contributed by atoms with van der Waals surface area (Å²) in [5, 5.41) is 10.7. The summed E-state index contributed by atoms with van der Waals surface area (Å²) in [6.07, 6.45) is 0.458. The first-order valence-corrected chi connectivity index (χ1v) is 14.8. The van der Waals surface area contributed by atoms with Gasteiger partial charge in [0.15, 0.2) is 0 Å². The van der Waals surface area contributed by atoms with Crippen molar-refractivity contribution in [2.75, 3.05) is 13.1 Å². The third kappa shape index (κ3) is 12.9. The van der Waals surface area contributed by atoms with Crippen LogP contribution in [0.15, 0.2) is 54.6 Å². The van der Waals surface area contributed by atoms with E-state index in [1.54, 1.807) is 24.3 Å². The Morgan fingerprint density at radius 1 is 0.800 bits per heavy atom. The van der Waals surface area contributed by atoms with E-state index < -0.39 is 48.9 Å². The zero-order chi connectivity index (χ0) is 32.7. The molecular weight excluding hydrogens is 597 g/mol. The summed E-state index contributed by atoms with van der Waals surface area (Å²) < 4.78 is 37.1. The molecule has 0 spiro atoms. The fourth-order valence-electron chi connectivity index (χ4n) is 4.73. The number of urea groups is 1. The quantitative estimate of drug-likeness (QED) is 0.145. The number of nitrogens with one attached hydrogen (secondary N) is 4. The van der Waals surface area contributed by atoms with Gasteiger partial charge in [0, 0.05) is 19.0 Å². The van der Waals surface area contributed by atoms with Crippen molar-refractivity contribution in [1.82, 2.24) is 21.3 Å². The van der Waals surface area contributed by atoms with Gasteiger partial charge in [0.05, 0.1) is 19.0 Å². The van der Waals surface area contributed by atoms with Crippen molar-refractivity contribution in [3.05, 3.63) is 60.2 Å². The first-order valence-electron chi connectivity index (χ1n) is 14.8. The van der Waals surface area contributed by atoms with Crippen LogP contribution in [0, 0.1) is 0 Å². The molecule has 0 saturated heterocycles. The molecule has 1 aliphatic carbocycles. The number of carbonyl (C=O) groups excluding carboxylic acids is 5. The van der Waals surface area contributed by atoms with Crippen molar-refractivity contribution in [2.24, 2.45) is 0 Å². The summed E-state index contributed by atoms with van der Waals surface area (Å²) in [5.74, 6) is -5.12. The third-order valence-corrected chi connectivity index (χ3v) is 7.07. The number of benzene rings is 2. The van der Waals surface area contributed by atoms with Crippen molar-refractivity contribution in [3.8, 4) is 11.1 Å². The molecule has 11 nitrogen and oxygen atoms in total. The third-order valence-electron chi connectivity index (χ3n) is 7.07. The Morgan fingerprint density at radius 3 is 2.13 bits per heavy atom. The van der Waals surface area contributed by atoms with Crippen molar-refractivity contribution in [1.29, 1.82) is 0 Å². The topological polar surface area (TPSA) is 152 Å². The number of halogens is 3. The van der Waals surface area contributed by atoms with Crippen molar-refractivity contribution < 1.29 is 46.9 Å². The van der Waals surface area contributed by atoms with Gasteiger partial charge in [-0.1, -0.05) is 73.9 Å². The average molecular weight is 635 g/mol. The fraction of sp³-hybridized carbons (Fsp3) is 0.452. The number of amides is 4. The van der Waals surface area contributed by atoms with Gasteiger partial charge < -0.3 is 21.3 Å². The Hall–Kier alpha value is -4.62. The zero-order valence-electron chi connectivity index (χ0n) is 24.6. The summed E-state index contributed by atoms with van der Waals surface area (Å²) in [6.45, 7) is -0.0387. The predicted octanol–water partition coefficient (Wildman–Crippen LogP) is 4.38. The lowest BCUT2D eigenvalue weighted by Crippen LogP contribution is -2.43.